The van der Waals surface area contributed by atoms with Gasteiger partial charge in [-0.15, -0.1) is 0 Å². The van der Waals surface area contributed by atoms with Gasteiger partial charge in [-0.3, -0.25) is 0 Å². The zero-order valence-electron chi connectivity index (χ0n) is 14.8. The van der Waals surface area contributed by atoms with Crippen molar-refractivity contribution in [2.45, 2.75) is 50.2 Å². The highest BCUT2D eigenvalue weighted by atomic mass is 16.6. The number of aryl methyl sites for hydroxylation is 1. The second kappa shape index (κ2) is 6.22. The number of benzene rings is 1. The molecule has 4 aliphatic rings. The predicted octanol–water partition coefficient (Wildman–Crippen LogP) is 3.47. The number of fused-ring (bicyclic) bond motifs is 7. The van der Waals surface area contributed by atoms with E-state index in [2.05, 4.69) is 30.3 Å². The number of hydrogen-bond donors (Lipinski definition) is 1. The molecule has 0 radical (unpaired) electrons. The van der Waals surface area contributed by atoms with Gasteiger partial charge >= 0.3 is 0 Å². The molecule has 6 atom stereocenters. The van der Waals surface area contributed by atoms with E-state index in [0.29, 0.717) is 24.4 Å². The molecule has 0 bridgehead atoms. The van der Waals surface area contributed by atoms with Gasteiger partial charge in [0, 0.05) is 5.41 Å². The van der Waals surface area contributed by atoms with Gasteiger partial charge in [-0.25, -0.2) is 0 Å². The number of aliphatic hydroxyl groups excluding tert-OH is 1. The lowest BCUT2D eigenvalue weighted by Gasteiger charge is -2.51. The molecule has 1 saturated heterocycles. The molecular weight excluding hydrogens is 312 g/mol. The Bertz CT molecular complexity index is 669. The van der Waals surface area contributed by atoms with Crippen molar-refractivity contribution >= 4 is 0 Å². The van der Waals surface area contributed by atoms with Crippen molar-refractivity contribution in [1.82, 2.24) is 0 Å². The molecule has 1 heterocycles. The fourth-order valence-corrected chi connectivity index (χ4v) is 6.55. The van der Waals surface area contributed by atoms with E-state index in [0.717, 1.165) is 19.4 Å². The molecule has 0 aromatic heterocycles. The molecule has 1 N–H and O–H groups in total. The van der Waals surface area contributed by atoms with Gasteiger partial charge in [0.25, 0.3) is 0 Å². The monoisotopic (exact) mass is 340 g/mol. The van der Waals surface area contributed by atoms with Crippen LogP contribution in [0.25, 0.3) is 0 Å². The van der Waals surface area contributed by atoms with Gasteiger partial charge in [-0.1, -0.05) is 36.4 Å². The quantitative estimate of drug-likeness (QED) is 0.838. The van der Waals surface area contributed by atoms with Crippen molar-refractivity contribution in [3.8, 4) is 0 Å². The van der Waals surface area contributed by atoms with Gasteiger partial charge in [0.15, 0.2) is 0 Å². The van der Waals surface area contributed by atoms with Crippen molar-refractivity contribution in [3.05, 3.63) is 47.5 Å². The van der Waals surface area contributed by atoms with E-state index in [1.54, 1.807) is 11.1 Å². The van der Waals surface area contributed by atoms with Crippen LogP contribution >= 0.6 is 0 Å². The van der Waals surface area contributed by atoms with Crippen molar-refractivity contribution in [1.29, 1.82) is 0 Å². The van der Waals surface area contributed by atoms with Crippen LogP contribution in [0.5, 0.6) is 0 Å². The Morgan fingerprint density at radius 2 is 2.04 bits per heavy atom. The summed E-state index contributed by atoms with van der Waals surface area (Å²) in [7, 11) is 0. The lowest BCUT2D eigenvalue weighted by molar-refractivity contribution is -0.155. The lowest BCUT2D eigenvalue weighted by atomic mass is 9.54. The van der Waals surface area contributed by atoms with Gasteiger partial charge in [0.2, 0.25) is 0 Å². The molecule has 3 nitrogen and oxygen atoms in total. The number of hydrogen-bond acceptors (Lipinski definition) is 3. The fraction of sp³-hybridized carbons (Fsp3) is 0.636. The van der Waals surface area contributed by atoms with E-state index < -0.39 is 0 Å². The molecule has 3 fully saturated rings. The first-order valence-corrected chi connectivity index (χ1v) is 9.93. The van der Waals surface area contributed by atoms with Crippen LogP contribution in [0, 0.1) is 17.3 Å². The third-order valence-electron chi connectivity index (χ3n) is 7.41. The first kappa shape index (κ1) is 16.0. The van der Waals surface area contributed by atoms with Gasteiger partial charge < -0.3 is 14.6 Å². The standard InChI is InChI=1S/C22H28O3/c23-11-3-9-22-10-8-17-16-5-2-1-4-15(16)6-7-18(17)19(22)14-20-21(22)25-13-12-24-20/h1-5,9,17-21,23H,6-8,10-14H2/t17-,18-,19+,20?,21?,22+/m1/s1. The summed E-state index contributed by atoms with van der Waals surface area (Å²) in [5.74, 6) is 2.01. The SMILES string of the molecule is OCC=C[C@]12CC[C@@H]3c4ccccc4CC[C@H]3[C@@H]1CC1OCCOC12. The molecule has 134 valence electrons. The number of aliphatic hydroxyl groups is 1. The van der Waals surface area contributed by atoms with E-state index >= 15 is 0 Å². The van der Waals surface area contributed by atoms with Gasteiger partial charge in [-0.05, 0) is 61.0 Å². The average Bonchev–Trinajstić information content (AvgIpc) is 3.01. The summed E-state index contributed by atoms with van der Waals surface area (Å²) in [5.41, 5.74) is 3.21. The van der Waals surface area contributed by atoms with Crippen LogP contribution < -0.4 is 0 Å². The van der Waals surface area contributed by atoms with Crippen molar-refractivity contribution in [2.24, 2.45) is 17.3 Å². The summed E-state index contributed by atoms with van der Waals surface area (Å²) >= 11 is 0. The Hall–Kier alpha value is -1.16. The van der Waals surface area contributed by atoms with Crippen LogP contribution in [-0.2, 0) is 15.9 Å². The molecular formula is C22H28O3. The van der Waals surface area contributed by atoms with Gasteiger partial charge in [0.05, 0.1) is 32.0 Å². The third-order valence-corrected chi connectivity index (χ3v) is 7.41. The maximum absolute atomic E-state index is 9.41. The van der Waals surface area contributed by atoms with E-state index in [4.69, 9.17) is 9.47 Å². The topological polar surface area (TPSA) is 38.7 Å². The largest absolute Gasteiger partial charge is 0.392 e. The van der Waals surface area contributed by atoms with Crippen LogP contribution in [-0.4, -0.2) is 37.1 Å². The van der Waals surface area contributed by atoms with Crippen molar-refractivity contribution in [2.75, 3.05) is 19.8 Å². The second-order valence-corrected chi connectivity index (χ2v) is 8.29. The highest BCUT2D eigenvalue weighted by molar-refractivity contribution is 5.36. The maximum atomic E-state index is 9.41. The predicted molar refractivity (Wildman–Crippen MR) is 96.5 cm³/mol. The van der Waals surface area contributed by atoms with E-state index in [-0.39, 0.29) is 24.2 Å². The summed E-state index contributed by atoms with van der Waals surface area (Å²) in [4.78, 5) is 0. The summed E-state index contributed by atoms with van der Waals surface area (Å²) in [6.07, 6.45) is 10.6. The zero-order valence-corrected chi connectivity index (χ0v) is 14.8. The summed E-state index contributed by atoms with van der Waals surface area (Å²) in [5, 5.41) is 9.41. The molecule has 1 aliphatic heterocycles. The average molecular weight is 340 g/mol. The Labute approximate surface area is 150 Å². The molecule has 5 rings (SSSR count). The Kier molecular flexibility index (Phi) is 3.99. The molecule has 1 aromatic carbocycles. The lowest BCUT2D eigenvalue weighted by Crippen LogP contribution is -2.48. The first-order chi connectivity index (χ1) is 12.3. The fourth-order valence-electron chi connectivity index (χ4n) is 6.55. The molecule has 2 saturated carbocycles. The highest BCUT2D eigenvalue weighted by Crippen LogP contribution is 2.63. The van der Waals surface area contributed by atoms with Crippen LogP contribution in [0.4, 0.5) is 0 Å². The smallest absolute Gasteiger partial charge is 0.0931 e. The molecule has 25 heavy (non-hydrogen) atoms. The minimum Gasteiger partial charge on any atom is -0.392 e. The molecule has 1 aromatic rings. The van der Waals surface area contributed by atoms with Crippen molar-refractivity contribution in [3.63, 3.8) is 0 Å². The van der Waals surface area contributed by atoms with E-state index in [9.17, 15) is 5.11 Å². The van der Waals surface area contributed by atoms with Crippen LogP contribution in [0.2, 0.25) is 0 Å². The van der Waals surface area contributed by atoms with E-state index in [1.165, 1.54) is 19.3 Å². The Morgan fingerprint density at radius 3 is 2.96 bits per heavy atom. The normalized spacial score (nSPS) is 42.5. The molecule has 0 spiro atoms. The molecule has 2 unspecified atom stereocenters. The van der Waals surface area contributed by atoms with Gasteiger partial charge in [-0.2, -0.15) is 0 Å². The summed E-state index contributed by atoms with van der Waals surface area (Å²) in [6, 6.07) is 9.06. The zero-order chi connectivity index (χ0) is 16.9. The summed E-state index contributed by atoms with van der Waals surface area (Å²) in [6.45, 7) is 1.55. The van der Waals surface area contributed by atoms with Crippen molar-refractivity contribution < 1.29 is 14.6 Å². The minimum atomic E-state index is 0.0568. The third kappa shape index (κ3) is 2.36. The first-order valence-electron chi connectivity index (χ1n) is 9.93. The second-order valence-electron chi connectivity index (χ2n) is 8.29. The number of rotatable bonds is 2. The molecule has 3 heteroatoms. The highest BCUT2D eigenvalue weighted by Gasteiger charge is 2.61. The number of ether oxygens (including phenoxy) is 2. The minimum absolute atomic E-state index is 0.0568. The molecule has 0 amide bonds. The van der Waals surface area contributed by atoms with Gasteiger partial charge in [0.1, 0.15) is 0 Å². The Balaban J connectivity index is 1.53. The van der Waals surface area contributed by atoms with Crippen LogP contribution in [0.15, 0.2) is 36.4 Å². The van der Waals surface area contributed by atoms with Crippen LogP contribution in [0.1, 0.15) is 42.7 Å². The summed E-state index contributed by atoms with van der Waals surface area (Å²) < 4.78 is 12.4. The van der Waals surface area contributed by atoms with Crippen LogP contribution in [0.3, 0.4) is 0 Å². The maximum Gasteiger partial charge on any atom is 0.0931 e. The Morgan fingerprint density at radius 1 is 1.16 bits per heavy atom. The molecule has 3 aliphatic carbocycles. The van der Waals surface area contributed by atoms with E-state index in [1.807, 2.05) is 6.08 Å².